The van der Waals surface area contributed by atoms with Crippen molar-refractivity contribution < 1.29 is 14.7 Å². The molecule has 5 heteroatoms. The van der Waals surface area contributed by atoms with E-state index >= 15 is 0 Å². The summed E-state index contributed by atoms with van der Waals surface area (Å²) < 4.78 is 0.803. The zero-order chi connectivity index (χ0) is 13.8. The molecule has 1 N–H and O–H groups in total. The van der Waals surface area contributed by atoms with Crippen molar-refractivity contribution in [3.8, 4) is 0 Å². The molecule has 1 amide bonds. The number of Topliss-reactive ketones (excluding diaryl/α,β-unsaturated/α-hetero) is 1. The van der Waals surface area contributed by atoms with Crippen LogP contribution >= 0.6 is 15.9 Å². The minimum Gasteiger partial charge on any atom is -0.396 e. The molecule has 19 heavy (non-hydrogen) atoms. The Kier molecular flexibility index (Phi) is 4.71. The molecule has 0 aliphatic carbocycles. The third-order valence-electron chi connectivity index (χ3n) is 3.22. The molecule has 0 aromatic heterocycles. The number of aliphatic hydroxyl groups is 1. The first-order chi connectivity index (χ1) is 9.15. The minimum atomic E-state index is -0.435. The van der Waals surface area contributed by atoms with Gasteiger partial charge in [-0.15, -0.1) is 0 Å². The van der Waals surface area contributed by atoms with E-state index < -0.39 is 11.7 Å². The summed E-state index contributed by atoms with van der Waals surface area (Å²) in [5.74, 6) is -0.859. The molecule has 1 aliphatic rings. The summed E-state index contributed by atoms with van der Waals surface area (Å²) >= 11 is 3.31. The van der Waals surface area contributed by atoms with Gasteiger partial charge >= 0.3 is 0 Å². The summed E-state index contributed by atoms with van der Waals surface area (Å²) in [7, 11) is 0. The maximum absolute atomic E-state index is 11.9. The third kappa shape index (κ3) is 3.04. The molecule has 0 unspecified atom stereocenters. The minimum absolute atomic E-state index is 0.206. The Bertz CT molecular complexity index is 501. The highest BCUT2D eigenvalue weighted by molar-refractivity contribution is 9.10. The van der Waals surface area contributed by atoms with Crippen LogP contribution in [0, 0.1) is 0 Å². The van der Waals surface area contributed by atoms with Gasteiger partial charge in [0.25, 0.3) is 11.7 Å². The molecule has 0 bridgehead atoms. The van der Waals surface area contributed by atoms with Crippen LogP contribution in [0.4, 0.5) is 5.69 Å². The molecular weight excluding hydrogens is 310 g/mol. The average molecular weight is 326 g/mol. The van der Waals surface area contributed by atoms with E-state index in [1.807, 2.05) is 6.07 Å². The summed E-state index contributed by atoms with van der Waals surface area (Å²) in [6.07, 6.45) is 3.52. The maximum atomic E-state index is 11.9. The van der Waals surface area contributed by atoms with Crippen LogP contribution in [-0.4, -0.2) is 29.9 Å². The van der Waals surface area contributed by atoms with Crippen molar-refractivity contribution in [2.24, 2.45) is 0 Å². The van der Waals surface area contributed by atoms with Crippen LogP contribution in [0.5, 0.6) is 0 Å². The molecule has 1 aliphatic heterocycles. The van der Waals surface area contributed by atoms with Crippen LogP contribution in [0.25, 0.3) is 0 Å². The molecular formula is C14H16BrNO3. The van der Waals surface area contributed by atoms with Crippen molar-refractivity contribution in [1.29, 1.82) is 0 Å². The van der Waals surface area contributed by atoms with Crippen LogP contribution in [0.1, 0.15) is 36.0 Å². The van der Waals surface area contributed by atoms with Crippen LogP contribution in [0.2, 0.25) is 0 Å². The first-order valence-corrected chi connectivity index (χ1v) is 7.21. The fourth-order valence-electron chi connectivity index (χ4n) is 2.23. The Morgan fingerprint density at radius 3 is 2.58 bits per heavy atom. The number of carbonyl (C=O) groups excluding carboxylic acids is 2. The summed E-state index contributed by atoms with van der Waals surface area (Å²) in [5, 5.41) is 8.70. The summed E-state index contributed by atoms with van der Waals surface area (Å²) in [4.78, 5) is 25.3. The molecule has 2 rings (SSSR count). The van der Waals surface area contributed by atoms with Crippen LogP contribution in [0.15, 0.2) is 22.7 Å². The zero-order valence-electron chi connectivity index (χ0n) is 10.6. The number of nitrogens with zero attached hydrogens (tertiary/aromatic N) is 1. The molecule has 0 fully saturated rings. The van der Waals surface area contributed by atoms with E-state index in [0.717, 1.165) is 30.2 Å². The van der Waals surface area contributed by atoms with E-state index in [2.05, 4.69) is 15.9 Å². The summed E-state index contributed by atoms with van der Waals surface area (Å²) in [5.41, 5.74) is 1.19. The van der Waals surface area contributed by atoms with Gasteiger partial charge in [0.15, 0.2) is 0 Å². The van der Waals surface area contributed by atoms with Gasteiger partial charge < -0.3 is 10.0 Å². The largest absolute Gasteiger partial charge is 0.396 e. The number of carbonyl (C=O) groups is 2. The predicted octanol–water partition coefficient (Wildman–Crippen LogP) is 2.53. The van der Waals surface area contributed by atoms with Crippen molar-refractivity contribution in [2.45, 2.75) is 25.7 Å². The van der Waals surface area contributed by atoms with Gasteiger partial charge in [0, 0.05) is 17.6 Å². The highest BCUT2D eigenvalue weighted by Gasteiger charge is 2.35. The van der Waals surface area contributed by atoms with E-state index in [9.17, 15) is 9.59 Å². The number of fused-ring (bicyclic) bond motifs is 1. The predicted molar refractivity (Wildman–Crippen MR) is 76.4 cm³/mol. The lowest BCUT2D eigenvalue weighted by Gasteiger charge is -2.16. The van der Waals surface area contributed by atoms with Crippen LogP contribution < -0.4 is 4.90 Å². The van der Waals surface area contributed by atoms with E-state index in [1.54, 1.807) is 17.0 Å². The van der Waals surface area contributed by atoms with E-state index in [0.29, 0.717) is 17.8 Å². The van der Waals surface area contributed by atoms with Gasteiger partial charge in [0.05, 0.1) is 11.3 Å². The van der Waals surface area contributed by atoms with Gasteiger partial charge in [-0.2, -0.15) is 0 Å². The Labute approximate surface area is 120 Å². The number of anilines is 1. The Hall–Kier alpha value is -1.20. The number of unbranched alkanes of at least 4 members (excludes halogenated alkanes) is 3. The first kappa shape index (κ1) is 14.2. The number of aliphatic hydroxyl groups excluding tert-OH is 1. The molecule has 0 saturated carbocycles. The molecule has 4 nitrogen and oxygen atoms in total. The number of halogens is 1. The van der Waals surface area contributed by atoms with Crippen LogP contribution in [-0.2, 0) is 4.79 Å². The van der Waals surface area contributed by atoms with Crippen molar-refractivity contribution in [3.63, 3.8) is 0 Å². The Balaban J connectivity index is 2.02. The molecule has 1 aromatic rings. The second-order valence-corrected chi connectivity index (χ2v) is 5.50. The zero-order valence-corrected chi connectivity index (χ0v) is 12.1. The summed E-state index contributed by atoms with van der Waals surface area (Å²) in [6.45, 7) is 0.766. The van der Waals surface area contributed by atoms with E-state index in [4.69, 9.17) is 5.11 Å². The topological polar surface area (TPSA) is 57.6 Å². The van der Waals surface area contributed by atoms with Crippen LogP contribution in [0.3, 0.4) is 0 Å². The van der Waals surface area contributed by atoms with Crippen molar-refractivity contribution >= 4 is 33.3 Å². The number of ketones is 1. The molecule has 1 heterocycles. The van der Waals surface area contributed by atoms with Gasteiger partial charge in [-0.1, -0.05) is 28.8 Å². The van der Waals surface area contributed by atoms with Gasteiger partial charge in [0.2, 0.25) is 0 Å². The number of hydrogen-bond acceptors (Lipinski definition) is 3. The van der Waals surface area contributed by atoms with E-state index in [-0.39, 0.29) is 6.61 Å². The number of benzene rings is 1. The Morgan fingerprint density at radius 1 is 1.11 bits per heavy atom. The second kappa shape index (κ2) is 6.30. The number of amides is 1. The molecule has 1 aromatic carbocycles. The van der Waals surface area contributed by atoms with E-state index in [1.165, 1.54) is 0 Å². The van der Waals surface area contributed by atoms with Crippen molar-refractivity contribution in [3.05, 3.63) is 28.2 Å². The third-order valence-corrected chi connectivity index (χ3v) is 3.72. The highest BCUT2D eigenvalue weighted by Crippen LogP contribution is 2.31. The fraction of sp³-hybridized carbons (Fsp3) is 0.429. The second-order valence-electron chi connectivity index (χ2n) is 4.59. The SMILES string of the molecule is O=C1C(=O)N(CCCCCCO)c2ccc(Br)cc21. The molecule has 0 spiro atoms. The van der Waals surface area contributed by atoms with Gasteiger partial charge in [-0.05, 0) is 31.0 Å². The maximum Gasteiger partial charge on any atom is 0.299 e. The average Bonchev–Trinajstić information content (AvgIpc) is 2.63. The molecule has 102 valence electrons. The molecule has 0 radical (unpaired) electrons. The van der Waals surface area contributed by atoms with Crippen molar-refractivity contribution in [1.82, 2.24) is 0 Å². The quantitative estimate of drug-likeness (QED) is 0.646. The van der Waals surface area contributed by atoms with Gasteiger partial charge in [-0.25, -0.2) is 0 Å². The fourth-order valence-corrected chi connectivity index (χ4v) is 2.59. The Morgan fingerprint density at radius 2 is 1.84 bits per heavy atom. The number of hydrogen-bond donors (Lipinski definition) is 1. The van der Waals surface area contributed by atoms with Crippen molar-refractivity contribution in [2.75, 3.05) is 18.1 Å². The lowest BCUT2D eigenvalue weighted by Crippen LogP contribution is -2.30. The van der Waals surface area contributed by atoms with Gasteiger partial charge in [0.1, 0.15) is 0 Å². The smallest absolute Gasteiger partial charge is 0.299 e. The normalized spacial score (nSPS) is 14.1. The first-order valence-electron chi connectivity index (χ1n) is 6.41. The number of rotatable bonds is 6. The molecule has 0 saturated heterocycles. The summed E-state index contributed by atoms with van der Waals surface area (Å²) in [6, 6.07) is 5.33. The highest BCUT2D eigenvalue weighted by atomic mass is 79.9. The standard InChI is InChI=1S/C14H16BrNO3/c15-10-5-6-12-11(9-10)13(18)14(19)16(12)7-3-1-2-4-8-17/h5-6,9,17H,1-4,7-8H2. The van der Waals surface area contributed by atoms with Gasteiger partial charge in [-0.3, -0.25) is 9.59 Å². The lowest BCUT2D eigenvalue weighted by atomic mass is 10.1. The lowest BCUT2D eigenvalue weighted by molar-refractivity contribution is -0.114. The molecule has 0 atom stereocenters. The monoisotopic (exact) mass is 325 g/mol.